The molecular formula is C7H14N2OS. The number of thioether (sulfide) groups is 1. The standard InChI is InChI=1S/C7H14N2OS/c1-6(10)5-11-7-8-3-2-4-9-7/h7-9H,2-5H2,1H3. The Labute approximate surface area is 71.3 Å². The molecule has 0 unspecified atom stereocenters. The molecule has 1 rings (SSSR count). The van der Waals surface area contributed by atoms with Crippen LogP contribution in [0.15, 0.2) is 0 Å². The van der Waals surface area contributed by atoms with Gasteiger partial charge in [-0.25, -0.2) is 0 Å². The van der Waals surface area contributed by atoms with E-state index in [1.165, 1.54) is 6.42 Å². The maximum atomic E-state index is 10.6. The molecule has 0 saturated carbocycles. The third kappa shape index (κ3) is 3.74. The quantitative estimate of drug-likeness (QED) is 0.640. The van der Waals surface area contributed by atoms with Gasteiger partial charge in [0.15, 0.2) is 0 Å². The fourth-order valence-corrected chi connectivity index (χ4v) is 1.82. The van der Waals surface area contributed by atoms with Crippen LogP contribution in [0.1, 0.15) is 13.3 Å². The van der Waals surface area contributed by atoms with Crippen molar-refractivity contribution in [1.29, 1.82) is 0 Å². The van der Waals surface area contributed by atoms with Crippen molar-refractivity contribution >= 4 is 17.5 Å². The smallest absolute Gasteiger partial charge is 0.139 e. The van der Waals surface area contributed by atoms with E-state index in [9.17, 15) is 4.79 Å². The van der Waals surface area contributed by atoms with E-state index < -0.39 is 0 Å². The molecule has 3 nitrogen and oxygen atoms in total. The van der Waals surface area contributed by atoms with Crippen molar-refractivity contribution in [3.63, 3.8) is 0 Å². The lowest BCUT2D eigenvalue weighted by Gasteiger charge is -2.23. The van der Waals surface area contributed by atoms with Crippen LogP contribution in [0.5, 0.6) is 0 Å². The van der Waals surface area contributed by atoms with Crippen LogP contribution in [0.4, 0.5) is 0 Å². The van der Waals surface area contributed by atoms with Crippen LogP contribution >= 0.6 is 11.8 Å². The first-order valence-corrected chi connectivity index (χ1v) is 4.92. The highest BCUT2D eigenvalue weighted by Gasteiger charge is 2.11. The molecule has 0 aromatic carbocycles. The summed E-state index contributed by atoms with van der Waals surface area (Å²) in [7, 11) is 0. The van der Waals surface area contributed by atoms with Gasteiger partial charge in [-0.3, -0.25) is 15.4 Å². The predicted molar refractivity (Wildman–Crippen MR) is 47.5 cm³/mol. The second-order valence-corrected chi connectivity index (χ2v) is 3.75. The van der Waals surface area contributed by atoms with Crippen LogP contribution in [-0.4, -0.2) is 30.1 Å². The Morgan fingerprint density at radius 3 is 2.73 bits per heavy atom. The number of ketones is 1. The third-order valence-corrected chi connectivity index (χ3v) is 2.71. The second kappa shape index (κ2) is 4.74. The average Bonchev–Trinajstić information content (AvgIpc) is 2.03. The van der Waals surface area contributed by atoms with E-state index in [2.05, 4.69) is 10.6 Å². The van der Waals surface area contributed by atoms with Gasteiger partial charge in [-0.2, -0.15) is 0 Å². The fraction of sp³-hybridized carbons (Fsp3) is 0.857. The SMILES string of the molecule is CC(=O)CSC1NCCCN1. The number of rotatable bonds is 3. The van der Waals surface area contributed by atoms with Crippen LogP contribution in [0.3, 0.4) is 0 Å². The van der Waals surface area contributed by atoms with E-state index in [0.717, 1.165) is 13.1 Å². The minimum Gasteiger partial charge on any atom is -0.299 e. The van der Waals surface area contributed by atoms with Gasteiger partial charge in [-0.05, 0) is 26.4 Å². The van der Waals surface area contributed by atoms with Crippen molar-refractivity contribution in [2.45, 2.75) is 18.8 Å². The fourth-order valence-electron chi connectivity index (χ4n) is 0.945. The Morgan fingerprint density at radius 1 is 1.55 bits per heavy atom. The molecule has 1 fully saturated rings. The largest absolute Gasteiger partial charge is 0.299 e. The normalized spacial score (nSPS) is 20.1. The summed E-state index contributed by atoms with van der Waals surface area (Å²) in [4.78, 5) is 10.6. The molecular weight excluding hydrogens is 160 g/mol. The van der Waals surface area contributed by atoms with Crippen LogP contribution in [0, 0.1) is 0 Å². The van der Waals surface area contributed by atoms with E-state index in [-0.39, 0.29) is 11.3 Å². The molecule has 0 aliphatic carbocycles. The minimum absolute atomic E-state index is 0.240. The zero-order chi connectivity index (χ0) is 8.10. The Balaban J connectivity index is 2.09. The highest BCUT2D eigenvalue weighted by atomic mass is 32.2. The molecule has 0 atom stereocenters. The van der Waals surface area contributed by atoms with Crippen LogP contribution in [-0.2, 0) is 4.79 Å². The van der Waals surface area contributed by atoms with Gasteiger partial charge in [0.2, 0.25) is 0 Å². The Morgan fingerprint density at radius 2 is 2.18 bits per heavy atom. The monoisotopic (exact) mass is 174 g/mol. The van der Waals surface area contributed by atoms with E-state index in [1.54, 1.807) is 18.7 Å². The molecule has 0 radical (unpaired) electrons. The van der Waals surface area contributed by atoms with Gasteiger partial charge in [-0.1, -0.05) is 0 Å². The molecule has 1 aliphatic rings. The zero-order valence-corrected chi connectivity index (χ0v) is 7.54. The summed E-state index contributed by atoms with van der Waals surface area (Å²) in [6.07, 6.45) is 1.18. The van der Waals surface area contributed by atoms with Crippen LogP contribution in [0.25, 0.3) is 0 Å². The molecule has 0 spiro atoms. The molecule has 4 heteroatoms. The molecule has 1 aliphatic heterocycles. The van der Waals surface area contributed by atoms with Crippen molar-refractivity contribution < 1.29 is 4.79 Å². The van der Waals surface area contributed by atoms with Gasteiger partial charge in [0.05, 0.1) is 5.75 Å². The first-order valence-electron chi connectivity index (χ1n) is 3.87. The van der Waals surface area contributed by atoms with Crippen molar-refractivity contribution in [3.8, 4) is 0 Å². The molecule has 2 N–H and O–H groups in total. The Bertz CT molecular complexity index is 134. The van der Waals surface area contributed by atoms with Crippen LogP contribution in [0.2, 0.25) is 0 Å². The Hall–Kier alpha value is -0.0600. The molecule has 0 aromatic rings. The summed E-state index contributed by atoms with van der Waals surface area (Å²) >= 11 is 1.63. The minimum atomic E-state index is 0.240. The average molecular weight is 174 g/mol. The second-order valence-electron chi connectivity index (χ2n) is 2.65. The van der Waals surface area contributed by atoms with Crippen LogP contribution < -0.4 is 10.6 Å². The summed E-state index contributed by atoms with van der Waals surface area (Å²) in [5.41, 5.74) is 0.285. The van der Waals surface area contributed by atoms with Gasteiger partial charge >= 0.3 is 0 Å². The molecule has 11 heavy (non-hydrogen) atoms. The maximum Gasteiger partial charge on any atom is 0.139 e. The molecule has 0 amide bonds. The molecule has 0 aromatic heterocycles. The molecule has 1 heterocycles. The highest BCUT2D eigenvalue weighted by Crippen LogP contribution is 2.07. The summed E-state index contributed by atoms with van der Waals surface area (Å²) in [5, 5.41) is 6.55. The molecule has 64 valence electrons. The summed E-state index contributed by atoms with van der Waals surface area (Å²) in [5.74, 6) is 0.842. The summed E-state index contributed by atoms with van der Waals surface area (Å²) in [6.45, 7) is 3.74. The number of Topliss-reactive ketones (excluding diaryl/α,β-unsaturated/α-hetero) is 1. The van der Waals surface area contributed by atoms with Gasteiger partial charge in [-0.15, -0.1) is 11.8 Å². The number of hydrogen-bond donors (Lipinski definition) is 2. The lowest BCUT2D eigenvalue weighted by atomic mass is 10.4. The first kappa shape index (κ1) is 9.03. The molecule has 0 bridgehead atoms. The van der Waals surface area contributed by atoms with Crippen molar-refractivity contribution in [1.82, 2.24) is 10.6 Å². The lowest BCUT2D eigenvalue weighted by Crippen LogP contribution is -2.46. The highest BCUT2D eigenvalue weighted by molar-refractivity contribution is 8.00. The van der Waals surface area contributed by atoms with Crippen molar-refractivity contribution in [3.05, 3.63) is 0 Å². The van der Waals surface area contributed by atoms with E-state index in [0.29, 0.717) is 5.75 Å². The summed E-state index contributed by atoms with van der Waals surface area (Å²) < 4.78 is 0. The predicted octanol–water partition coefficient (Wildman–Crippen LogP) is 0.175. The zero-order valence-electron chi connectivity index (χ0n) is 6.72. The van der Waals surface area contributed by atoms with E-state index in [4.69, 9.17) is 0 Å². The van der Waals surface area contributed by atoms with Gasteiger partial charge in [0, 0.05) is 0 Å². The van der Waals surface area contributed by atoms with Crippen molar-refractivity contribution in [2.75, 3.05) is 18.8 Å². The molecule has 1 saturated heterocycles. The number of nitrogens with one attached hydrogen (secondary N) is 2. The first-order chi connectivity index (χ1) is 5.29. The number of hydrogen-bond acceptors (Lipinski definition) is 4. The Kier molecular flexibility index (Phi) is 3.90. The van der Waals surface area contributed by atoms with Gasteiger partial charge in [0.1, 0.15) is 11.3 Å². The van der Waals surface area contributed by atoms with Gasteiger partial charge < -0.3 is 0 Å². The number of carbonyl (C=O) groups excluding carboxylic acids is 1. The maximum absolute atomic E-state index is 10.6. The van der Waals surface area contributed by atoms with Crippen molar-refractivity contribution in [2.24, 2.45) is 0 Å². The number of carbonyl (C=O) groups is 1. The van der Waals surface area contributed by atoms with E-state index >= 15 is 0 Å². The topological polar surface area (TPSA) is 41.1 Å². The third-order valence-electron chi connectivity index (χ3n) is 1.47. The summed E-state index contributed by atoms with van der Waals surface area (Å²) in [6, 6.07) is 0. The lowest BCUT2D eigenvalue weighted by molar-refractivity contribution is -0.114. The van der Waals surface area contributed by atoms with E-state index in [1.807, 2.05) is 0 Å². The van der Waals surface area contributed by atoms with Gasteiger partial charge in [0.25, 0.3) is 0 Å².